The van der Waals surface area contributed by atoms with Crippen molar-refractivity contribution in [2.75, 3.05) is 0 Å². The van der Waals surface area contributed by atoms with E-state index in [1.54, 1.807) is 6.92 Å². The van der Waals surface area contributed by atoms with E-state index in [0.717, 1.165) is 22.9 Å². The second-order valence-corrected chi connectivity index (χ2v) is 5.83. The molecule has 0 heterocycles. The lowest BCUT2D eigenvalue weighted by molar-refractivity contribution is 0.0726. The average Bonchev–Trinajstić information content (AvgIpc) is 2.31. The van der Waals surface area contributed by atoms with Gasteiger partial charge in [0.25, 0.3) is 0 Å². The summed E-state index contributed by atoms with van der Waals surface area (Å²) < 4.78 is 15.8. The molecule has 0 N–H and O–H groups in total. The summed E-state index contributed by atoms with van der Waals surface area (Å²) in [6.07, 6.45) is 5.69. The molecule has 88 valence electrons. The van der Waals surface area contributed by atoms with Gasteiger partial charge in [0.1, 0.15) is 5.67 Å². The van der Waals surface area contributed by atoms with Gasteiger partial charge >= 0.3 is 0 Å². The quantitative estimate of drug-likeness (QED) is 0.699. The van der Waals surface area contributed by atoms with E-state index in [2.05, 4.69) is 15.9 Å². The van der Waals surface area contributed by atoms with Crippen LogP contribution in [0.25, 0.3) is 0 Å². The van der Waals surface area contributed by atoms with Crippen molar-refractivity contribution in [3.05, 3.63) is 34.3 Å². The first kappa shape index (κ1) is 12.1. The zero-order valence-electron chi connectivity index (χ0n) is 9.68. The predicted octanol–water partition coefficient (Wildman–Crippen LogP) is 5.21. The van der Waals surface area contributed by atoms with Gasteiger partial charge in [0, 0.05) is 4.47 Å². The monoisotopic (exact) mass is 284 g/mol. The van der Waals surface area contributed by atoms with Crippen LogP contribution in [0.1, 0.15) is 44.6 Å². The van der Waals surface area contributed by atoms with Gasteiger partial charge in [-0.2, -0.15) is 0 Å². The van der Waals surface area contributed by atoms with E-state index in [1.165, 1.54) is 19.3 Å². The molecule has 0 aromatic heterocycles. The van der Waals surface area contributed by atoms with Crippen LogP contribution in [-0.4, -0.2) is 0 Å². The van der Waals surface area contributed by atoms with Gasteiger partial charge in [0.05, 0.1) is 0 Å². The third-order valence-electron chi connectivity index (χ3n) is 3.78. The highest BCUT2D eigenvalue weighted by atomic mass is 79.9. The van der Waals surface area contributed by atoms with Crippen LogP contribution in [0.2, 0.25) is 0 Å². The summed E-state index contributed by atoms with van der Waals surface area (Å²) in [5, 5.41) is 0. The highest BCUT2D eigenvalue weighted by Crippen LogP contribution is 2.42. The molecule has 1 atom stereocenters. The van der Waals surface area contributed by atoms with Crippen molar-refractivity contribution < 1.29 is 4.39 Å². The first-order chi connectivity index (χ1) is 7.60. The summed E-state index contributed by atoms with van der Waals surface area (Å²) >= 11 is 3.39. The first-order valence-electron chi connectivity index (χ1n) is 6.05. The summed E-state index contributed by atoms with van der Waals surface area (Å²) in [5.74, 6) is 0.197. The van der Waals surface area contributed by atoms with Crippen LogP contribution in [-0.2, 0) is 5.67 Å². The van der Waals surface area contributed by atoms with Crippen LogP contribution < -0.4 is 0 Å². The number of benzene rings is 1. The summed E-state index contributed by atoms with van der Waals surface area (Å²) in [6.45, 7) is 1.74. The Hall–Kier alpha value is -0.370. The standard InChI is InChI=1S/C14H18BrF/c1-14(16,11-5-3-2-4-6-11)12-7-9-13(15)10-8-12/h7-11H,2-6H2,1H3. The lowest BCUT2D eigenvalue weighted by Gasteiger charge is -2.33. The van der Waals surface area contributed by atoms with Gasteiger partial charge in [-0.25, -0.2) is 4.39 Å². The van der Waals surface area contributed by atoms with Crippen LogP contribution in [0.15, 0.2) is 28.7 Å². The Bertz CT molecular complexity index is 336. The van der Waals surface area contributed by atoms with E-state index < -0.39 is 5.67 Å². The number of rotatable bonds is 2. The maximum absolute atomic E-state index is 14.8. The molecular weight excluding hydrogens is 267 g/mol. The Balaban J connectivity index is 2.19. The van der Waals surface area contributed by atoms with Crippen LogP contribution in [0.3, 0.4) is 0 Å². The molecule has 1 saturated carbocycles. The second-order valence-electron chi connectivity index (χ2n) is 4.92. The van der Waals surface area contributed by atoms with Crippen molar-refractivity contribution in [2.24, 2.45) is 5.92 Å². The number of halogens is 2. The van der Waals surface area contributed by atoms with Crippen LogP contribution in [0, 0.1) is 5.92 Å². The van der Waals surface area contributed by atoms with E-state index in [0.29, 0.717) is 0 Å². The van der Waals surface area contributed by atoms with Crippen molar-refractivity contribution in [3.8, 4) is 0 Å². The maximum Gasteiger partial charge on any atom is 0.136 e. The molecule has 0 amide bonds. The average molecular weight is 285 g/mol. The summed E-state index contributed by atoms with van der Waals surface area (Å²) in [4.78, 5) is 0. The number of alkyl halides is 1. The first-order valence-corrected chi connectivity index (χ1v) is 6.85. The fourth-order valence-electron chi connectivity index (χ4n) is 2.66. The van der Waals surface area contributed by atoms with Crippen molar-refractivity contribution in [2.45, 2.75) is 44.7 Å². The molecule has 0 nitrogen and oxygen atoms in total. The van der Waals surface area contributed by atoms with Gasteiger partial charge < -0.3 is 0 Å². The Kier molecular flexibility index (Phi) is 3.68. The molecule has 0 aliphatic heterocycles. The molecule has 16 heavy (non-hydrogen) atoms. The molecule has 0 spiro atoms. The molecule has 0 saturated heterocycles. The molecule has 0 radical (unpaired) electrons. The van der Waals surface area contributed by atoms with Crippen molar-refractivity contribution in [1.29, 1.82) is 0 Å². The molecular formula is C14H18BrF. The van der Waals surface area contributed by atoms with Crippen molar-refractivity contribution in [1.82, 2.24) is 0 Å². The highest BCUT2D eigenvalue weighted by Gasteiger charge is 2.36. The molecule has 1 aromatic carbocycles. The lowest BCUT2D eigenvalue weighted by atomic mass is 9.76. The third kappa shape index (κ3) is 2.48. The largest absolute Gasteiger partial charge is 0.239 e. The summed E-state index contributed by atoms with van der Waals surface area (Å²) in [6, 6.07) is 7.66. The molecule has 2 heteroatoms. The van der Waals surface area contributed by atoms with Gasteiger partial charge in [-0.1, -0.05) is 47.3 Å². The molecule has 2 rings (SSSR count). The van der Waals surface area contributed by atoms with Gasteiger partial charge in [0.2, 0.25) is 0 Å². The Morgan fingerprint density at radius 1 is 1.12 bits per heavy atom. The van der Waals surface area contributed by atoms with E-state index >= 15 is 0 Å². The molecule has 1 aliphatic rings. The maximum atomic E-state index is 14.8. The minimum absolute atomic E-state index is 0.197. The van der Waals surface area contributed by atoms with Gasteiger partial charge in [0.15, 0.2) is 0 Å². The van der Waals surface area contributed by atoms with Gasteiger partial charge in [-0.15, -0.1) is 0 Å². The van der Waals surface area contributed by atoms with Gasteiger partial charge in [-0.3, -0.25) is 0 Å². The zero-order chi connectivity index (χ0) is 11.6. The Morgan fingerprint density at radius 3 is 2.25 bits per heavy atom. The third-order valence-corrected chi connectivity index (χ3v) is 4.31. The highest BCUT2D eigenvalue weighted by molar-refractivity contribution is 9.10. The normalized spacial score (nSPS) is 21.7. The fourth-order valence-corrected chi connectivity index (χ4v) is 2.92. The van der Waals surface area contributed by atoms with E-state index in [-0.39, 0.29) is 5.92 Å². The molecule has 1 aliphatic carbocycles. The van der Waals surface area contributed by atoms with E-state index in [9.17, 15) is 4.39 Å². The van der Waals surface area contributed by atoms with Crippen LogP contribution in [0.4, 0.5) is 4.39 Å². The SMILES string of the molecule is CC(F)(c1ccc(Br)cc1)C1CCCCC1. The van der Waals surface area contributed by atoms with Crippen LogP contribution in [0.5, 0.6) is 0 Å². The predicted molar refractivity (Wildman–Crippen MR) is 69.2 cm³/mol. The van der Waals surface area contributed by atoms with Crippen LogP contribution >= 0.6 is 15.9 Å². The summed E-state index contributed by atoms with van der Waals surface area (Å²) in [5.41, 5.74) is -0.344. The molecule has 1 unspecified atom stereocenters. The van der Waals surface area contributed by atoms with Crippen molar-refractivity contribution >= 4 is 15.9 Å². The Morgan fingerprint density at radius 2 is 1.69 bits per heavy atom. The number of hydrogen-bond acceptors (Lipinski definition) is 0. The lowest BCUT2D eigenvalue weighted by Crippen LogP contribution is -2.28. The number of hydrogen-bond donors (Lipinski definition) is 0. The Labute approximate surface area is 105 Å². The minimum atomic E-state index is -1.17. The molecule has 0 bridgehead atoms. The van der Waals surface area contributed by atoms with Crippen molar-refractivity contribution in [3.63, 3.8) is 0 Å². The molecule has 1 aromatic rings. The van der Waals surface area contributed by atoms with Gasteiger partial charge in [-0.05, 0) is 43.4 Å². The minimum Gasteiger partial charge on any atom is -0.239 e. The second kappa shape index (κ2) is 4.87. The molecule has 1 fully saturated rings. The fraction of sp³-hybridized carbons (Fsp3) is 0.571. The topological polar surface area (TPSA) is 0 Å². The van der Waals surface area contributed by atoms with E-state index in [1.807, 2.05) is 24.3 Å². The van der Waals surface area contributed by atoms with E-state index in [4.69, 9.17) is 0 Å². The smallest absolute Gasteiger partial charge is 0.136 e. The summed E-state index contributed by atoms with van der Waals surface area (Å²) in [7, 11) is 0. The zero-order valence-corrected chi connectivity index (χ0v) is 11.3.